The van der Waals surface area contributed by atoms with Crippen molar-refractivity contribution >= 4 is 5.97 Å². The van der Waals surface area contributed by atoms with E-state index in [1.807, 2.05) is 13.8 Å². The Bertz CT molecular complexity index is 226. The number of aliphatic carboxylic acids is 1. The molecular formula is C12H23NO2. The predicted molar refractivity (Wildman–Crippen MR) is 60.9 cm³/mol. The summed E-state index contributed by atoms with van der Waals surface area (Å²) in [5, 5.41) is 8.96. The first-order valence-corrected chi connectivity index (χ1v) is 5.87. The molecule has 15 heavy (non-hydrogen) atoms. The maximum atomic E-state index is 10.9. The van der Waals surface area contributed by atoms with Crippen molar-refractivity contribution in [3.8, 4) is 0 Å². The highest BCUT2D eigenvalue weighted by Gasteiger charge is 2.27. The van der Waals surface area contributed by atoms with Gasteiger partial charge >= 0.3 is 5.97 Å². The fourth-order valence-electron chi connectivity index (χ4n) is 2.08. The fraction of sp³-hybridized carbons (Fsp3) is 0.917. The summed E-state index contributed by atoms with van der Waals surface area (Å²) in [5.74, 6) is 0.134. The Kier molecular flexibility index (Phi) is 4.14. The summed E-state index contributed by atoms with van der Waals surface area (Å²) in [6, 6.07) is 0. The third kappa shape index (κ3) is 3.82. The van der Waals surface area contributed by atoms with E-state index in [-0.39, 0.29) is 0 Å². The van der Waals surface area contributed by atoms with Crippen LogP contribution in [0.1, 0.15) is 40.0 Å². The summed E-state index contributed by atoms with van der Waals surface area (Å²) >= 11 is 0. The molecule has 1 unspecified atom stereocenters. The Labute approximate surface area is 92.5 Å². The SMILES string of the molecule is CC1CCN(CCCC(C)(C)C(=O)O)C1. The molecule has 0 amide bonds. The van der Waals surface area contributed by atoms with E-state index in [2.05, 4.69) is 11.8 Å². The first-order valence-electron chi connectivity index (χ1n) is 5.87. The van der Waals surface area contributed by atoms with E-state index >= 15 is 0 Å². The number of likely N-dealkylation sites (tertiary alicyclic amines) is 1. The van der Waals surface area contributed by atoms with Crippen LogP contribution in [0.2, 0.25) is 0 Å². The van der Waals surface area contributed by atoms with Crippen molar-refractivity contribution in [2.24, 2.45) is 11.3 Å². The molecule has 1 heterocycles. The first kappa shape index (κ1) is 12.5. The number of nitrogens with zero attached hydrogens (tertiary/aromatic N) is 1. The molecule has 1 aliphatic rings. The minimum absolute atomic E-state index is 0.564. The molecule has 0 spiro atoms. The minimum atomic E-state index is -0.683. The average Bonchev–Trinajstić information content (AvgIpc) is 2.51. The third-order valence-electron chi connectivity index (χ3n) is 3.36. The second-order valence-corrected chi connectivity index (χ2v) is 5.49. The largest absolute Gasteiger partial charge is 0.481 e. The number of carboxylic acids is 1. The van der Waals surface area contributed by atoms with E-state index in [0.717, 1.165) is 25.3 Å². The molecule has 0 radical (unpaired) electrons. The molecule has 1 rings (SSSR count). The number of carbonyl (C=O) groups is 1. The van der Waals surface area contributed by atoms with Gasteiger partial charge in [0.15, 0.2) is 0 Å². The van der Waals surface area contributed by atoms with Crippen LogP contribution >= 0.6 is 0 Å². The Hall–Kier alpha value is -0.570. The molecule has 0 saturated carbocycles. The van der Waals surface area contributed by atoms with Crippen LogP contribution in [0.3, 0.4) is 0 Å². The van der Waals surface area contributed by atoms with Crippen LogP contribution in [0.5, 0.6) is 0 Å². The number of rotatable bonds is 5. The highest BCUT2D eigenvalue weighted by Crippen LogP contribution is 2.23. The molecular weight excluding hydrogens is 190 g/mol. The van der Waals surface area contributed by atoms with Crippen LogP contribution in [0.4, 0.5) is 0 Å². The zero-order chi connectivity index (χ0) is 11.5. The van der Waals surface area contributed by atoms with Crippen molar-refractivity contribution in [1.29, 1.82) is 0 Å². The Morgan fingerprint density at radius 1 is 1.53 bits per heavy atom. The molecule has 1 atom stereocenters. The molecule has 1 fully saturated rings. The highest BCUT2D eigenvalue weighted by atomic mass is 16.4. The monoisotopic (exact) mass is 213 g/mol. The molecule has 0 bridgehead atoms. The maximum absolute atomic E-state index is 10.9. The summed E-state index contributed by atoms with van der Waals surface area (Å²) in [4.78, 5) is 13.3. The van der Waals surface area contributed by atoms with Gasteiger partial charge in [-0.25, -0.2) is 0 Å². The van der Waals surface area contributed by atoms with Crippen molar-refractivity contribution < 1.29 is 9.90 Å². The van der Waals surface area contributed by atoms with Crippen molar-refractivity contribution in [3.05, 3.63) is 0 Å². The molecule has 88 valence electrons. The first-order chi connectivity index (χ1) is 6.92. The van der Waals surface area contributed by atoms with E-state index < -0.39 is 11.4 Å². The van der Waals surface area contributed by atoms with Gasteiger partial charge < -0.3 is 10.0 Å². The summed E-state index contributed by atoms with van der Waals surface area (Å²) in [5.41, 5.74) is -0.564. The maximum Gasteiger partial charge on any atom is 0.309 e. The fourth-order valence-corrected chi connectivity index (χ4v) is 2.08. The van der Waals surface area contributed by atoms with Crippen LogP contribution in [0.25, 0.3) is 0 Å². The van der Waals surface area contributed by atoms with Gasteiger partial charge in [-0.2, -0.15) is 0 Å². The molecule has 3 heteroatoms. The molecule has 3 nitrogen and oxygen atoms in total. The summed E-state index contributed by atoms with van der Waals surface area (Å²) < 4.78 is 0. The van der Waals surface area contributed by atoms with E-state index in [4.69, 9.17) is 5.11 Å². The summed E-state index contributed by atoms with van der Waals surface area (Å²) in [6.07, 6.45) is 3.06. The van der Waals surface area contributed by atoms with E-state index in [9.17, 15) is 4.79 Å². The lowest BCUT2D eigenvalue weighted by molar-refractivity contribution is -0.147. The van der Waals surface area contributed by atoms with E-state index in [1.165, 1.54) is 19.5 Å². The standard InChI is InChI=1S/C12H23NO2/c1-10-5-8-13(9-10)7-4-6-12(2,3)11(14)15/h10H,4-9H2,1-3H3,(H,14,15). The van der Waals surface area contributed by atoms with Gasteiger partial charge in [0, 0.05) is 6.54 Å². The lowest BCUT2D eigenvalue weighted by Crippen LogP contribution is -2.27. The van der Waals surface area contributed by atoms with Gasteiger partial charge in [-0.3, -0.25) is 4.79 Å². The lowest BCUT2D eigenvalue weighted by Gasteiger charge is -2.21. The molecule has 0 aliphatic carbocycles. The summed E-state index contributed by atoms with van der Waals surface area (Å²) in [6.45, 7) is 9.33. The smallest absolute Gasteiger partial charge is 0.309 e. The van der Waals surface area contributed by atoms with Gasteiger partial charge in [-0.15, -0.1) is 0 Å². The zero-order valence-corrected chi connectivity index (χ0v) is 10.1. The molecule has 1 saturated heterocycles. The van der Waals surface area contributed by atoms with Crippen LogP contribution in [-0.4, -0.2) is 35.6 Å². The molecule has 0 aromatic carbocycles. The highest BCUT2D eigenvalue weighted by molar-refractivity contribution is 5.73. The Balaban J connectivity index is 2.19. The second-order valence-electron chi connectivity index (χ2n) is 5.49. The van der Waals surface area contributed by atoms with Crippen molar-refractivity contribution in [2.45, 2.75) is 40.0 Å². The van der Waals surface area contributed by atoms with Gasteiger partial charge in [-0.05, 0) is 52.1 Å². The topological polar surface area (TPSA) is 40.5 Å². The van der Waals surface area contributed by atoms with Crippen molar-refractivity contribution in [2.75, 3.05) is 19.6 Å². The average molecular weight is 213 g/mol. The van der Waals surface area contributed by atoms with Crippen LogP contribution in [0.15, 0.2) is 0 Å². The quantitative estimate of drug-likeness (QED) is 0.761. The van der Waals surface area contributed by atoms with E-state index in [1.54, 1.807) is 0 Å². The second kappa shape index (κ2) is 4.97. The van der Waals surface area contributed by atoms with Gasteiger partial charge in [0.25, 0.3) is 0 Å². The third-order valence-corrected chi connectivity index (χ3v) is 3.36. The number of hydrogen-bond acceptors (Lipinski definition) is 2. The van der Waals surface area contributed by atoms with Crippen LogP contribution < -0.4 is 0 Å². The van der Waals surface area contributed by atoms with E-state index in [0.29, 0.717) is 0 Å². The molecule has 1 aliphatic heterocycles. The number of hydrogen-bond donors (Lipinski definition) is 1. The molecule has 0 aromatic rings. The Morgan fingerprint density at radius 2 is 2.20 bits per heavy atom. The normalized spacial score (nSPS) is 23.3. The minimum Gasteiger partial charge on any atom is -0.481 e. The van der Waals surface area contributed by atoms with Gasteiger partial charge in [-0.1, -0.05) is 6.92 Å². The van der Waals surface area contributed by atoms with Crippen LogP contribution in [-0.2, 0) is 4.79 Å². The lowest BCUT2D eigenvalue weighted by atomic mass is 9.88. The molecule has 1 N–H and O–H groups in total. The number of carboxylic acid groups (broad SMARTS) is 1. The molecule has 0 aromatic heterocycles. The summed E-state index contributed by atoms with van der Waals surface area (Å²) in [7, 11) is 0. The Morgan fingerprint density at radius 3 is 2.67 bits per heavy atom. The predicted octanol–water partition coefficient (Wildman–Crippen LogP) is 2.22. The van der Waals surface area contributed by atoms with Gasteiger partial charge in [0.1, 0.15) is 0 Å². The van der Waals surface area contributed by atoms with Gasteiger partial charge in [0.05, 0.1) is 5.41 Å². The zero-order valence-electron chi connectivity index (χ0n) is 10.1. The van der Waals surface area contributed by atoms with Crippen molar-refractivity contribution in [3.63, 3.8) is 0 Å². The van der Waals surface area contributed by atoms with Gasteiger partial charge in [0.2, 0.25) is 0 Å². The van der Waals surface area contributed by atoms with Crippen LogP contribution in [0, 0.1) is 11.3 Å². The van der Waals surface area contributed by atoms with Crippen molar-refractivity contribution in [1.82, 2.24) is 4.90 Å².